The molecule has 0 radical (unpaired) electrons. The third kappa shape index (κ3) is 3.81. The van der Waals surface area contributed by atoms with Gasteiger partial charge in [-0.25, -0.2) is 4.79 Å². The smallest absolute Gasteiger partial charge is 0.335 e. The second kappa shape index (κ2) is 7.06. The predicted octanol–water partition coefficient (Wildman–Crippen LogP) is 4.85. The SMILES string of the molecule is CCC=CC(=O)Oc1ccc(-c2ccc(CC)s2)cc1. The van der Waals surface area contributed by atoms with E-state index in [2.05, 4.69) is 19.1 Å². The highest BCUT2D eigenvalue weighted by Gasteiger charge is 2.04. The van der Waals surface area contributed by atoms with E-state index >= 15 is 0 Å². The Kier molecular flexibility index (Phi) is 5.13. The molecule has 0 fully saturated rings. The molecule has 0 saturated carbocycles. The maximum absolute atomic E-state index is 11.5. The molecule has 0 bridgehead atoms. The van der Waals surface area contributed by atoms with E-state index < -0.39 is 0 Å². The fourth-order valence-electron chi connectivity index (χ4n) is 1.77. The second-order valence-corrected chi connectivity index (χ2v) is 5.54. The Labute approximate surface area is 123 Å². The number of thiophene rings is 1. The Morgan fingerprint density at radius 2 is 1.90 bits per heavy atom. The van der Waals surface area contributed by atoms with Crippen molar-refractivity contribution in [3.63, 3.8) is 0 Å². The third-order valence-electron chi connectivity index (χ3n) is 2.86. The van der Waals surface area contributed by atoms with E-state index in [9.17, 15) is 4.79 Å². The first-order valence-electron chi connectivity index (χ1n) is 6.80. The van der Waals surface area contributed by atoms with Crippen LogP contribution in [0, 0.1) is 0 Å². The molecule has 0 saturated heterocycles. The molecule has 2 rings (SSSR count). The fraction of sp³-hybridized carbons (Fsp3) is 0.235. The number of carbonyl (C=O) groups is 1. The van der Waals surface area contributed by atoms with Crippen molar-refractivity contribution >= 4 is 17.3 Å². The highest BCUT2D eigenvalue weighted by molar-refractivity contribution is 7.15. The van der Waals surface area contributed by atoms with Crippen molar-refractivity contribution in [1.82, 2.24) is 0 Å². The van der Waals surface area contributed by atoms with Crippen LogP contribution in [-0.2, 0) is 11.2 Å². The quantitative estimate of drug-likeness (QED) is 0.446. The van der Waals surface area contributed by atoms with E-state index in [-0.39, 0.29) is 5.97 Å². The van der Waals surface area contributed by atoms with Gasteiger partial charge in [-0.15, -0.1) is 11.3 Å². The van der Waals surface area contributed by atoms with Crippen LogP contribution in [0.4, 0.5) is 0 Å². The van der Waals surface area contributed by atoms with Crippen LogP contribution in [0.15, 0.2) is 48.6 Å². The molecule has 0 aliphatic carbocycles. The number of aryl methyl sites for hydroxylation is 1. The van der Waals surface area contributed by atoms with E-state index in [0.717, 1.165) is 18.4 Å². The zero-order valence-corrected chi connectivity index (χ0v) is 12.6. The fourth-order valence-corrected chi connectivity index (χ4v) is 2.73. The third-order valence-corrected chi connectivity index (χ3v) is 4.14. The van der Waals surface area contributed by atoms with Crippen LogP contribution in [0.5, 0.6) is 5.75 Å². The molecule has 0 N–H and O–H groups in total. The molecule has 0 aliphatic rings. The van der Waals surface area contributed by atoms with Gasteiger partial charge in [0.05, 0.1) is 0 Å². The Morgan fingerprint density at radius 3 is 2.50 bits per heavy atom. The van der Waals surface area contributed by atoms with Crippen molar-refractivity contribution in [2.75, 3.05) is 0 Å². The molecular formula is C17H18O2S. The van der Waals surface area contributed by atoms with Gasteiger partial charge in [0.25, 0.3) is 0 Å². The average molecular weight is 286 g/mol. The first-order valence-corrected chi connectivity index (χ1v) is 7.62. The lowest BCUT2D eigenvalue weighted by Gasteiger charge is -2.02. The molecule has 0 unspecified atom stereocenters. The van der Waals surface area contributed by atoms with Gasteiger partial charge in [0.2, 0.25) is 0 Å². The minimum absolute atomic E-state index is 0.330. The topological polar surface area (TPSA) is 26.3 Å². The van der Waals surface area contributed by atoms with Crippen LogP contribution in [0.3, 0.4) is 0 Å². The lowest BCUT2D eigenvalue weighted by molar-refractivity contribution is -0.129. The van der Waals surface area contributed by atoms with Crippen LogP contribution in [0.1, 0.15) is 25.1 Å². The van der Waals surface area contributed by atoms with Gasteiger partial charge in [-0.05, 0) is 54.8 Å². The molecule has 0 spiro atoms. The molecule has 20 heavy (non-hydrogen) atoms. The van der Waals surface area contributed by atoms with E-state index in [1.165, 1.54) is 15.8 Å². The van der Waals surface area contributed by atoms with Crippen molar-refractivity contribution in [3.8, 4) is 16.2 Å². The number of hydrogen-bond donors (Lipinski definition) is 0. The standard InChI is InChI=1S/C17H18O2S/c1-3-5-6-17(18)19-14-9-7-13(8-10-14)16-12-11-15(4-2)20-16/h5-12H,3-4H2,1-2H3. The summed E-state index contributed by atoms with van der Waals surface area (Å²) in [6.45, 7) is 4.13. The molecule has 1 aromatic carbocycles. The van der Waals surface area contributed by atoms with Crippen molar-refractivity contribution in [2.24, 2.45) is 0 Å². The van der Waals surface area contributed by atoms with Crippen molar-refractivity contribution in [2.45, 2.75) is 26.7 Å². The summed E-state index contributed by atoms with van der Waals surface area (Å²) < 4.78 is 5.21. The lowest BCUT2D eigenvalue weighted by atomic mass is 10.2. The number of esters is 1. The van der Waals surface area contributed by atoms with Crippen LogP contribution >= 0.6 is 11.3 Å². The minimum atomic E-state index is -0.330. The molecule has 1 aromatic heterocycles. The maximum Gasteiger partial charge on any atom is 0.335 e. The van der Waals surface area contributed by atoms with E-state index in [4.69, 9.17) is 4.74 Å². The monoisotopic (exact) mass is 286 g/mol. The molecule has 3 heteroatoms. The summed E-state index contributed by atoms with van der Waals surface area (Å²) in [5, 5.41) is 0. The lowest BCUT2D eigenvalue weighted by Crippen LogP contribution is -2.03. The van der Waals surface area contributed by atoms with Gasteiger partial charge < -0.3 is 4.74 Å². The van der Waals surface area contributed by atoms with Crippen LogP contribution in [0.25, 0.3) is 10.4 Å². The van der Waals surface area contributed by atoms with E-state index in [1.54, 1.807) is 17.4 Å². The second-order valence-electron chi connectivity index (χ2n) is 4.38. The van der Waals surface area contributed by atoms with Gasteiger partial charge in [0.1, 0.15) is 5.75 Å². The Morgan fingerprint density at radius 1 is 1.15 bits per heavy atom. The van der Waals surface area contributed by atoms with Crippen LogP contribution in [0.2, 0.25) is 0 Å². The van der Waals surface area contributed by atoms with Crippen molar-refractivity contribution < 1.29 is 9.53 Å². The summed E-state index contributed by atoms with van der Waals surface area (Å²) in [5.41, 5.74) is 1.15. The van der Waals surface area contributed by atoms with Gasteiger partial charge in [-0.3, -0.25) is 0 Å². The summed E-state index contributed by atoms with van der Waals surface area (Å²) >= 11 is 1.80. The zero-order chi connectivity index (χ0) is 14.4. The van der Waals surface area contributed by atoms with Gasteiger partial charge in [-0.2, -0.15) is 0 Å². The van der Waals surface area contributed by atoms with Crippen molar-refractivity contribution in [3.05, 3.63) is 53.4 Å². The molecular weight excluding hydrogens is 268 g/mol. The predicted molar refractivity (Wildman–Crippen MR) is 84.2 cm³/mol. The van der Waals surface area contributed by atoms with Gasteiger partial charge in [0, 0.05) is 15.8 Å². The Balaban J connectivity index is 2.06. The average Bonchev–Trinajstić information content (AvgIpc) is 2.95. The molecule has 0 atom stereocenters. The van der Waals surface area contributed by atoms with Gasteiger partial charge in [0.15, 0.2) is 0 Å². The number of benzene rings is 1. The summed E-state index contributed by atoms with van der Waals surface area (Å²) in [6, 6.07) is 11.9. The van der Waals surface area contributed by atoms with E-state index in [1.807, 2.05) is 31.2 Å². The van der Waals surface area contributed by atoms with Gasteiger partial charge >= 0.3 is 5.97 Å². The number of carbonyl (C=O) groups excluding carboxylic acids is 1. The molecule has 1 heterocycles. The summed E-state index contributed by atoms with van der Waals surface area (Å²) in [7, 11) is 0. The summed E-state index contributed by atoms with van der Waals surface area (Å²) in [6.07, 6.45) is 5.13. The normalized spacial score (nSPS) is 10.9. The summed E-state index contributed by atoms with van der Waals surface area (Å²) in [5.74, 6) is 0.246. The number of rotatable bonds is 5. The largest absolute Gasteiger partial charge is 0.423 e. The number of allylic oxidation sites excluding steroid dienone is 1. The molecule has 0 amide bonds. The van der Waals surface area contributed by atoms with Crippen molar-refractivity contribution in [1.29, 1.82) is 0 Å². The zero-order valence-electron chi connectivity index (χ0n) is 11.8. The molecule has 2 nitrogen and oxygen atoms in total. The highest BCUT2D eigenvalue weighted by atomic mass is 32.1. The van der Waals surface area contributed by atoms with Gasteiger partial charge in [-0.1, -0.05) is 19.9 Å². The number of hydrogen-bond acceptors (Lipinski definition) is 3. The Bertz CT molecular complexity index is 594. The van der Waals surface area contributed by atoms with E-state index in [0.29, 0.717) is 5.75 Å². The highest BCUT2D eigenvalue weighted by Crippen LogP contribution is 2.29. The first kappa shape index (κ1) is 14.5. The molecule has 2 aromatic rings. The number of ether oxygens (including phenoxy) is 1. The molecule has 0 aliphatic heterocycles. The minimum Gasteiger partial charge on any atom is -0.423 e. The maximum atomic E-state index is 11.5. The molecule has 104 valence electrons. The first-order chi connectivity index (χ1) is 9.72. The Hall–Kier alpha value is -1.87. The van der Waals surface area contributed by atoms with Crippen LogP contribution < -0.4 is 4.74 Å². The van der Waals surface area contributed by atoms with Crippen LogP contribution in [-0.4, -0.2) is 5.97 Å². The summed E-state index contributed by atoms with van der Waals surface area (Å²) in [4.78, 5) is 14.1.